The zero-order valence-electron chi connectivity index (χ0n) is 12.6. The molecule has 108 valence electrons. The second kappa shape index (κ2) is 7.45. The van der Waals surface area contributed by atoms with Gasteiger partial charge in [-0.1, -0.05) is 25.5 Å². The lowest BCUT2D eigenvalue weighted by atomic mass is 9.82. The molecule has 0 N–H and O–H groups in total. The summed E-state index contributed by atoms with van der Waals surface area (Å²) in [6.07, 6.45) is 7.95. The summed E-state index contributed by atoms with van der Waals surface area (Å²) in [6.45, 7) is 4.40. The van der Waals surface area contributed by atoms with E-state index in [1.807, 2.05) is 12.1 Å². The van der Waals surface area contributed by atoms with E-state index in [9.17, 15) is 0 Å². The Morgan fingerprint density at radius 3 is 2.40 bits per heavy atom. The second-order valence-electron chi connectivity index (χ2n) is 5.94. The van der Waals surface area contributed by atoms with Gasteiger partial charge >= 0.3 is 0 Å². The van der Waals surface area contributed by atoms with E-state index in [0.29, 0.717) is 18.1 Å². The molecule has 1 aromatic carbocycles. The van der Waals surface area contributed by atoms with Crippen LogP contribution in [0.2, 0.25) is 0 Å². The number of nitriles is 1. The number of hydrogen-bond acceptors (Lipinski definition) is 2. The summed E-state index contributed by atoms with van der Waals surface area (Å²) < 4.78 is 6.11. The van der Waals surface area contributed by atoms with Crippen LogP contribution in [0.15, 0.2) is 24.3 Å². The number of hydrogen-bond donors (Lipinski definition) is 0. The van der Waals surface area contributed by atoms with Crippen LogP contribution in [0.1, 0.15) is 69.4 Å². The van der Waals surface area contributed by atoms with Crippen molar-refractivity contribution in [2.75, 3.05) is 0 Å². The molecule has 1 aliphatic rings. The van der Waals surface area contributed by atoms with E-state index in [1.54, 1.807) is 0 Å². The van der Waals surface area contributed by atoms with Gasteiger partial charge in [0.2, 0.25) is 0 Å². The summed E-state index contributed by atoms with van der Waals surface area (Å²) in [4.78, 5) is 0. The maximum atomic E-state index is 8.83. The van der Waals surface area contributed by atoms with Crippen LogP contribution in [0.25, 0.3) is 0 Å². The first kappa shape index (κ1) is 15.1. The maximum absolute atomic E-state index is 8.83. The standard InChI is InChI=1S/C18H25NO/c1-3-4-14(2)20-18-11-9-17(10-12-18)16-7-5-15(13-19)6-8-16/h5-8,14,17-18H,3-4,9-12H2,1-2H3. The molecule has 0 saturated heterocycles. The molecular formula is C18H25NO. The van der Waals surface area contributed by atoms with Crippen LogP contribution < -0.4 is 0 Å². The van der Waals surface area contributed by atoms with Crippen LogP contribution in [0, 0.1) is 11.3 Å². The van der Waals surface area contributed by atoms with Gasteiger partial charge in [0.15, 0.2) is 0 Å². The van der Waals surface area contributed by atoms with Gasteiger partial charge in [-0.3, -0.25) is 0 Å². The molecule has 0 aliphatic heterocycles. The minimum absolute atomic E-state index is 0.400. The molecule has 0 amide bonds. The molecule has 0 aromatic heterocycles. The van der Waals surface area contributed by atoms with Crippen LogP contribution in [0.3, 0.4) is 0 Å². The first-order valence-electron chi connectivity index (χ1n) is 7.88. The Labute approximate surface area is 122 Å². The normalized spacial score (nSPS) is 24.1. The van der Waals surface area contributed by atoms with E-state index in [-0.39, 0.29) is 0 Å². The van der Waals surface area contributed by atoms with Gasteiger partial charge < -0.3 is 4.74 Å². The first-order chi connectivity index (χ1) is 9.72. The summed E-state index contributed by atoms with van der Waals surface area (Å²) in [5.41, 5.74) is 2.13. The predicted octanol–water partition coefficient (Wildman–Crippen LogP) is 4.79. The molecule has 1 unspecified atom stereocenters. The molecule has 20 heavy (non-hydrogen) atoms. The molecule has 2 nitrogen and oxygen atoms in total. The molecule has 0 spiro atoms. The summed E-state index contributed by atoms with van der Waals surface area (Å²) in [5, 5.41) is 8.83. The van der Waals surface area contributed by atoms with E-state index >= 15 is 0 Å². The fourth-order valence-electron chi connectivity index (χ4n) is 3.17. The minimum Gasteiger partial charge on any atom is -0.375 e. The molecule has 1 atom stereocenters. The molecular weight excluding hydrogens is 246 g/mol. The Balaban J connectivity index is 1.83. The monoisotopic (exact) mass is 271 g/mol. The highest BCUT2D eigenvalue weighted by Gasteiger charge is 2.23. The lowest BCUT2D eigenvalue weighted by Crippen LogP contribution is -2.24. The van der Waals surface area contributed by atoms with Gasteiger partial charge in [0.25, 0.3) is 0 Å². The van der Waals surface area contributed by atoms with Gasteiger partial charge in [-0.25, -0.2) is 0 Å². The fourth-order valence-corrected chi connectivity index (χ4v) is 3.17. The van der Waals surface area contributed by atoms with Crippen LogP contribution in [-0.2, 0) is 4.74 Å². The third-order valence-electron chi connectivity index (χ3n) is 4.31. The van der Waals surface area contributed by atoms with Crippen molar-refractivity contribution in [3.63, 3.8) is 0 Å². The van der Waals surface area contributed by atoms with E-state index in [0.717, 1.165) is 12.0 Å². The minimum atomic E-state index is 0.400. The van der Waals surface area contributed by atoms with E-state index in [4.69, 9.17) is 10.00 Å². The second-order valence-corrected chi connectivity index (χ2v) is 5.94. The van der Waals surface area contributed by atoms with Crippen LogP contribution in [0.4, 0.5) is 0 Å². The average Bonchev–Trinajstić information content (AvgIpc) is 2.48. The van der Waals surface area contributed by atoms with Crippen molar-refractivity contribution < 1.29 is 4.74 Å². The van der Waals surface area contributed by atoms with Crippen LogP contribution >= 0.6 is 0 Å². The molecule has 1 fully saturated rings. The Kier molecular flexibility index (Phi) is 5.61. The van der Waals surface area contributed by atoms with Gasteiger partial charge in [0.1, 0.15) is 0 Å². The van der Waals surface area contributed by atoms with Gasteiger partial charge in [-0.2, -0.15) is 5.26 Å². The Morgan fingerprint density at radius 2 is 1.85 bits per heavy atom. The molecule has 0 bridgehead atoms. The topological polar surface area (TPSA) is 33.0 Å². The zero-order valence-corrected chi connectivity index (χ0v) is 12.6. The zero-order chi connectivity index (χ0) is 14.4. The van der Waals surface area contributed by atoms with Crippen molar-refractivity contribution in [2.24, 2.45) is 0 Å². The highest BCUT2D eigenvalue weighted by Crippen LogP contribution is 2.34. The Hall–Kier alpha value is -1.33. The Bertz CT molecular complexity index is 437. The smallest absolute Gasteiger partial charge is 0.0991 e. The van der Waals surface area contributed by atoms with E-state index in [2.05, 4.69) is 32.0 Å². The molecule has 1 aromatic rings. The lowest BCUT2D eigenvalue weighted by molar-refractivity contribution is -0.0269. The van der Waals surface area contributed by atoms with Crippen molar-refractivity contribution in [3.8, 4) is 6.07 Å². The third-order valence-corrected chi connectivity index (χ3v) is 4.31. The van der Waals surface area contributed by atoms with Crippen LogP contribution in [-0.4, -0.2) is 12.2 Å². The summed E-state index contributed by atoms with van der Waals surface area (Å²) in [5.74, 6) is 0.643. The fraction of sp³-hybridized carbons (Fsp3) is 0.611. The number of ether oxygens (including phenoxy) is 1. The van der Waals surface area contributed by atoms with Gasteiger partial charge in [-0.05, 0) is 62.6 Å². The van der Waals surface area contributed by atoms with Gasteiger partial charge in [0.05, 0.1) is 23.8 Å². The molecule has 2 rings (SSSR count). The number of benzene rings is 1. The first-order valence-corrected chi connectivity index (χ1v) is 7.88. The number of rotatable bonds is 5. The van der Waals surface area contributed by atoms with Crippen molar-refractivity contribution in [2.45, 2.75) is 70.5 Å². The molecule has 0 radical (unpaired) electrons. The van der Waals surface area contributed by atoms with Crippen molar-refractivity contribution in [1.82, 2.24) is 0 Å². The van der Waals surface area contributed by atoms with Crippen molar-refractivity contribution >= 4 is 0 Å². The highest BCUT2D eigenvalue weighted by atomic mass is 16.5. The maximum Gasteiger partial charge on any atom is 0.0991 e. The summed E-state index contributed by atoms with van der Waals surface area (Å²) >= 11 is 0. The largest absolute Gasteiger partial charge is 0.375 e. The van der Waals surface area contributed by atoms with E-state index in [1.165, 1.54) is 37.7 Å². The molecule has 2 heteroatoms. The summed E-state index contributed by atoms with van der Waals surface area (Å²) in [6, 6.07) is 10.3. The van der Waals surface area contributed by atoms with Crippen LogP contribution in [0.5, 0.6) is 0 Å². The SMILES string of the molecule is CCCC(C)OC1CCC(c2ccc(C#N)cc2)CC1. The molecule has 0 heterocycles. The van der Waals surface area contributed by atoms with Crippen molar-refractivity contribution in [1.29, 1.82) is 5.26 Å². The summed E-state index contributed by atoms with van der Waals surface area (Å²) in [7, 11) is 0. The predicted molar refractivity (Wildman–Crippen MR) is 81.6 cm³/mol. The Morgan fingerprint density at radius 1 is 1.20 bits per heavy atom. The number of nitrogens with zero attached hydrogens (tertiary/aromatic N) is 1. The lowest BCUT2D eigenvalue weighted by Gasteiger charge is -2.30. The third kappa shape index (κ3) is 4.08. The molecule has 1 saturated carbocycles. The quantitative estimate of drug-likeness (QED) is 0.771. The van der Waals surface area contributed by atoms with E-state index < -0.39 is 0 Å². The molecule has 1 aliphatic carbocycles. The highest BCUT2D eigenvalue weighted by molar-refractivity contribution is 5.33. The van der Waals surface area contributed by atoms with Gasteiger partial charge in [-0.15, -0.1) is 0 Å². The van der Waals surface area contributed by atoms with Crippen molar-refractivity contribution in [3.05, 3.63) is 35.4 Å². The average molecular weight is 271 g/mol. The van der Waals surface area contributed by atoms with Gasteiger partial charge in [0, 0.05) is 0 Å².